The number of carbonyl (C=O) groups excluding carboxylic acids is 2. The molecule has 3 N–H and O–H groups in total. The number of amides is 2. The SMILES string of the molecule is CNc1ncn(CC(=O)Nc2cccc(-c3cnc(C)c(C(F)(F)F)c3)n2)c1C(=O)NCc1ccon1. The number of nitrogens with zero attached hydrogens (tertiary/aromatic N) is 5. The third kappa shape index (κ3) is 5.91. The number of pyridine rings is 2. The van der Waals surface area contributed by atoms with Crippen LogP contribution in [0.4, 0.5) is 24.8 Å². The Labute approximate surface area is 208 Å². The van der Waals surface area contributed by atoms with E-state index < -0.39 is 23.6 Å². The van der Waals surface area contributed by atoms with E-state index >= 15 is 0 Å². The number of hydrogen-bond donors (Lipinski definition) is 3. The molecule has 0 fully saturated rings. The Kier molecular flexibility index (Phi) is 7.18. The van der Waals surface area contributed by atoms with Crippen molar-refractivity contribution in [2.75, 3.05) is 17.7 Å². The highest BCUT2D eigenvalue weighted by molar-refractivity contribution is 5.98. The summed E-state index contributed by atoms with van der Waals surface area (Å²) in [6.45, 7) is 1.10. The van der Waals surface area contributed by atoms with E-state index in [9.17, 15) is 22.8 Å². The number of halogens is 3. The first-order chi connectivity index (χ1) is 17.7. The average molecular weight is 514 g/mol. The molecular formula is C23H21F3N8O3. The molecular weight excluding hydrogens is 493 g/mol. The van der Waals surface area contributed by atoms with Gasteiger partial charge in [0.1, 0.15) is 24.3 Å². The van der Waals surface area contributed by atoms with Crippen molar-refractivity contribution in [1.29, 1.82) is 0 Å². The Balaban J connectivity index is 1.48. The van der Waals surface area contributed by atoms with Crippen molar-refractivity contribution < 1.29 is 27.3 Å². The first-order valence-corrected chi connectivity index (χ1v) is 10.9. The molecule has 0 saturated heterocycles. The second kappa shape index (κ2) is 10.5. The van der Waals surface area contributed by atoms with Gasteiger partial charge >= 0.3 is 6.18 Å². The van der Waals surface area contributed by atoms with Gasteiger partial charge in [-0.1, -0.05) is 11.2 Å². The third-order valence-electron chi connectivity index (χ3n) is 5.23. The minimum atomic E-state index is -4.56. The van der Waals surface area contributed by atoms with E-state index in [2.05, 4.69) is 36.1 Å². The van der Waals surface area contributed by atoms with Crippen LogP contribution in [0.1, 0.15) is 27.4 Å². The molecule has 4 aromatic heterocycles. The molecule has 0 aliphatic rings. The van der Waals surface area contributed by atoms with Crippen LogP contribution >= 0.6 is 0 Å². The summed E-state index contributed by atoms with van der Waals surface area (Å²) in [5.41, 5.74) is -0.0374. The smallest absolute Gasteiger partial charge is 0.371 e. The van der Waals surface area contributed by atoms with Crippen LogP contribution in [0.5, 0.6) is 0 Å². The summed E-state index contributed by atoms with van der Waals surface area (Å²) in [4.78, 5) is 37.7. The predicted molar refractivity (Wildman–Crippen MR) is 125 cm³/mol. The Morgan fingerprint density at radius 1 is 1.16 bits per heavy atom. The molecule has 0 aliphatic heterocycles. The largest absolute Gasteiger partial charge is 0.418 e. The quantitative estimate of drug-likeness (QED) is 0.326. The number of aromatic nitrogens is 5. The van der Waals surface area contributed by atoms with E-state index in [0.29, 0.717) is 5.69 Å². The van der Waals surface area contributed by atoms with Gasteiger partial charge in [0.15, 0.2) is 11.5 Å². The van der Waals surface area contributed by atoms with Crippen LogP contribution < -0.4 is 16.0 Å². The number of hydrogen-bond acceptors (Lipinski definition) is 8. The third-order valence-corrected chi connectivity index (χ3v) is 5.23. The van der Waals surface area contributed by atoms with Crippen molar-refractivity contribution in [3.05, 3.63) is 71.8 Å². The molecule has 14 heteroatoms. The lowest BCUT2D eigenvalue weighted by atomic mass is 10.1. The van der Waals surface area contributed by atoms with Gasteiger partial charge in [-0.3, -0.25) is 14.6 Å². The fourth-order valence-electron chi connectivity index (χ4n) is 3.47. The van der Waals surface area contributed by atoms with E-state index in [4.69, 9.17) is 4.52 Å². The van der Waals surface area contributed by atoms with Gasteiger partial charge in [-0.2, -0.15) is 13.2 Å². The van der Waals surface area contributed by atoms with Crippen molar-refractivity contribution in [1.82, 2.24) is 30.0 Å². The number of nitrogens with one attached hydrogen (secondary N) is 3. The van der Waals surface area contributed by atoms with Crippen LogP contribution in [0.25, 0.3) is 11.3 Å². The maximum Gasteiger partial charge on any atom is 0.418 e. The number of rotatable bonds is 8. The summed E-state index contributed by atoms with van der Waals surface area (Å²) in [6.07, 6.45) is -0.568. The van der Waals surface area contributed by atoms with E-state index in [1.165, 1.54) is 42.4 Å². The lowest BCUT2D eigenvalue weighted by Gasteiger charge is -2.12. The lowest BCUT2D eigenvalue weighted by molar-refractivity contribution is -0.138. The second-order valence-electron chi connectivity index (χ2n) is 7.80. The summed E-state index contributed by atoms with van der Waals surface area (Å²) in [7, 11) is 1.58. The number of alkyl halides is 3. The Bertz CT molecular complexity index is 1420. The summed E-state index contributed by atoms with van der Waals surface area (Å²) >= 11 is 0. The molecule has 4 heterocycles. The molecule has 11 nitrogen and oxygen atoms in total. The molecule has 4 aromatic rings. The number of anilines is 2. The standard InChI is InChI=1S/C23H21F3N8O3/c1-13-16(23(24,25)26)8-14(9-28-13)17-4-3-5-18(31-17)32-19(35)11-34-12-30-21(27-2)20(34)22(36)29-10-15-6-7-37-33-15/h3-9,12,27H,10-11H2,1-2H3,(H,29,36)(H,31,32,35). The van der Waals surface area contributed by atoms with Gasteiger partial charge in [0, 0.05) is 30.6 Å². The zero-order chi connectivity index (χ0) is 26.6. The van der Waals surface area contributed by atoms with Gasteiger partial charge in [0.25, 0.3) is 5.91 Å². The van der Waals surface area contributed by atoms with Crippen LogP contribution in [0.2, 0.25) is 0 Å². The van der Waals surface area contributed by atoms with Crippen molar-refractivity contribution in [2.24, 2.45) is 0 Å². The molecule has 0 bridgehead atoms. The molecule has 0 atom stereocenters. The van der Waals surface area contributed by atoms with E-state index in [-0.39, 0.29) is 47.4 Å². The van der Waals surface area contributed by atoms with Crippen LogP contribution in [0.3, 0.4) is 0 Å². The molecule has 0 radical (unpaired) electrons. The maximum atomic E-state index is 13.3. The van der Waals surface area contributed by atoms with Gasteiger partial charge in [0.2, 0.25) is 5.91 Å². The maximum absolute atomic E-state index is 13.3. The average Bonchev–Trinajstić information content (AvgIpc) is 3.52. The first kappa shape index (κ1) is 25.3. The molecule has 0 spiro atoms. The summed E-state index contributed by atoms with van der Waals surface area (Å²) in [5, 5.41) is 11.8. The fraction of sp³-hybridized carbons (Fsp3) is 0.217. The normalized spacial score (nSPS) is 11.3. The number of aryl methyl sites for hydroxylation is 1. The van der Waals surface area contributed by atoms with Crippen molar-refractivity contribution in [3.63, 3.8) is 0 Å². The molecule has 0 saturated carbocycles. The van der Waals surface area contributed by atoms with Gasteiger partial charge in [-0.05, 0) is 25.1 Å². The molecule has 0 unspecified atom stereocenters. The molecule has 37 heavy (non-hydrogen) atoms. The zero-order valence-electron chi connectivity index (χ0n) is 19.6. The van der Waals surface area contributed by atoms with Crippen molar-refractivity contribution >= 4 is 23.5 Å². The predicted octanol–water partition coefficient (Wildman–Crippen LogP) is 3.27. The highest BCUT2D eigenvalue weighted by Gasteiger charge is 2.33. The molecule has 0 aliphatic carbocycles. The van der Waals surface area contributed by atoms with Gasteiger partial charge in [0.05, 0.1) is 24.1 Å². The highest BCUT2D eigenvalue weighted by Crippen LogP contribution is 2.33. The Morgan fingerprint density at radius 2 is 1.97 bits per heavy atom. The van der Waals surface area contributed by atoms with Gasteiger partial charge in [-0.15, -0.1) is 0 Å². The number of carbonyl (C=O) groups is 2. The molecule has 2 amide bonds. The van der Waals surface area contributed by atoms with Crippen molar-refractivity contribution in [2.45, 2.75) is 26.2 Å². The minimum absolute atomic E-state index is 0.108. The van der Waals surface area contributed by atoms with Gasteiger partial charge in [-0.25, -0.2) is 9.97 Å². The van der Waals surface area contributed by atoms with Crippen LogP contribution in [-0.2, 0) is 24.1 Å². The molecule has 192 valence electrons. The Morgan fingerprint density at radius 3 is 2.68 bits per heavy atom. The Hall–Kier alpha value is -4.75. The first-order valence-electron chi connectivity index (χ1n) is 10.9. The lowest BCUT2D eigenvalue weighted by Crippen LogP contribution is -2.28. The van der Waals surface area contributed by atoms with Crippen molar-refractivity contribution in [3.8, 4) is 11.3 Å². The van der Waals surface area contributed by atoms with E-state index in [0.717, 1.165) is 6.07 Å². The topological polar surface area (TPSA) is 140 Å². The zero-order valence-corrected chi connectivity index (χ0v) is 19.6. The second-order valence-corrected chi connectivity index (χ2v) is 7.80. The summed E-state index contributed by atoms with van der Waals surface area (Å²) in [6, 6.07) is 7.11. The molecule has 0 aromatic carbocycles. The van der Waals surface area contributed by atoms with Crippen LogP contribution in [0, 0.1) is 6.92 Å². The van der Waals surface area contributed by atoms with E-state index in [1.807, 2.05) is 0 Å². The van der Waals surface area contributed by atoms with Gasteiger partial charge < -0.3 is 25.0 Å². The fourth-order valence-corrected chi connectivity index (χ4v) is 3.47. The highest BCUT2D eigenvalue weighted by atomic mass is 19.4. The van der Waals surface area contributed by atoms with E-state index in [1.54, 1.807) is 19.2 Å². The van der Waals surface area contributed by atoms with Crippen LogP contribution in [0.15, 0.2) is 53.6 Å². The summed E-state index contributed by atoms with van der Waals surface area (Å²) in [5.74, 6) is -0.654. The number of imidazole rings is 1. The summed E-state index contributed by atoms with van der Waals surface area (Å²) < 4.78 is 45.9. The minimum Gasteiger partial charge on any atom is -0.371 e. The monoisotopic (exact) mass is 514 g/mol. The van der Waals surface area contributed by atoms with Crippen LogP contribution in [-0.4, -0.2) is 43.5 Å². The molecule has 4 rings (SSSR count).